The summed E-state index contributed by atoms with van der Waals surface area (Å²) >= 11 is 0. The molecule has 126 valence electrons. The second-order valence-corrected chi connectivity index (χ2v) is 5.49. The second-order valence-electron chi connectivity index (χ2n) is 5.49. The number of carbonyl (C=O) groups is 2. The lowest BCUT2D eigenvalue weighted by atomic mass is 10.1. The number of ether oxygens (including phenoxy) is 1. The van der Waals surface area contributed by atoms with Gasteiger partial charge < -0.3 is 20.3 Å². The summed E-state index contributed by atoms with van der Waals surface area (Å²) in [4.78, 5) is 28.3. The van der Waals surface area contributed by atoms with Crippen molar-refractivity contribution in [1.82, 2.24) is 9.80 Å². The number of rotatable bonds is 6. The minimum Gasteiger partial charge on any atom is -0.493 e. The topological polar surface area (TPSA) is 75.9 Å². The van der Waals surface area contributed by atoms with Gasteiger partial charge in [-0.25, -0.2) is 0 Å². The van der Waals surface area contributed by atoms with Crippen molar-refractivity contribution in [2.75, 3.05) is 39.3 Å². The molecule has 6 heteroatoms. The van der Waals surface area contributed by atoms with Gasteiger partial charge in [-0.05, 0) is 32.0 Å². The van der Waals surface area contributed by atoms with Gasteiger partial charge in [-0.1, -0.05) is 12.1 Å². The molecule has 0 aliphatic carbocycles. The highest BCUT2D eigenvalue weighted by Gasteiger charge is 2.25. The fourth-order valence-electron chi connectivity index (χ4n) is 2.67. The maximum absolute atomic E-state index is 12.7. The number of nitrogens with zero attached hydrogens (tertiary/aromatic N) is 2. The van der Waals surface area contributed by atoms with Gasteiger partial charge in [0.2, 0.25) is 5.91 Å². The summed E-state index contributed by atoms with van der Waals surface area (Å²) in [6, 6.07) is 7.29. The molecule has 6 nitrogen and oxygen atoms in total. The zero-order valence-electron chi connectivity index (χ0n) is 13.7. The van der Waals surface area contributed by atoms with Gasteiger partial charge in [0.15, 0.2) is 0 Å². The Bertz CT molecular complexity index is 540. The Kier molecular flexibility index (Phi) is 6.40. The summed E-state index contributed by atoms with van der Waals surface area (Å²) in [6.45, 7) is 5.19. The van der Waals surface area contributed by atoms with E-state index in [1.807, 2.05) is 30.0 Å². The van der Waals surface area contributed by atoms with Gasteiger partial charge in [0.1, 0.15) is 5.75 Å². The molecule has 0 atom stereocenters. The molecule has 1 heterocycles. The molecule has 1 aliphatic heterocycles. The van der Waals surface area contributed by atoms with E-state index in [4.69, 9.17) is 10.5 Å². The van der Waals surface area contributed by atoms with Crippen molar-refractivity contribution >= 4 is 11.8 Å². The lowest BCUT2D eigenvalue weighted by molar-refractivity contribution is -0.132. The maximum atomic E-state index is 12.7. The third-order valence-electron chi connectivity index (χ3n) is 3.93. The van der Waals surface area contributed by atoms with Gasteiger partial charge in [0, 0.05) is 32.6 Å². The monoisotopic (exact) mass is 319 g/mol. The number of benzene rings is 1. The maximum Gasteiger partial charge on any atom is 0.257 e. The third-order valence-corrected chi connectivity index (χ3v) is 3.93. The zero-order valence-corrected chi connectivity index (χ0v) is 13.7. The first-order chi connectivity index (χ1) is 11.2. The van der Waals surface area contributed by atoms with Crippen LogP contribution in [-0.2, 0) is 4.79 Å². The predicted octanol–water partition coefficient (Wildman–Crippen LogP) is 1.11. The number of hydrogen-bond acceptors (Lipinski definition) is 4. The van der Waals surface area contributed by atoms with Gasteiger partial charge in [-0.2, -0.15) is 0 Å². The third kappa shape index (κ3) is 4.45. The van der Waals surface area contributed by atoms with E-state index in [-0.39, 0.29) is 11.8 Å². The van der Waals surface area contributed by atoms with Crippen molar-refractivity contribution in [1.29, 1.82) is 0 Å². The van der Waals surface area contributed by atoms with E-state index in [1.165, 1.54) is 0 Å². The number of carbonyl (C=O) groups excluding carboxylic acids is 2. The molecule has 0 unspecified atom stereocenters. The Morgan fingerprint density at radius 2 is 1.78 bits per heavy atom. The molecule has 0 saturated carbocycles. The van der Waals surface area contributed by atoms with Gasteiger partial charge >= 0.3 is 0 Å². The average Bonchev–Trinajstić information content (AvgIpc) is 2.60. The minimum absolute atomic E-state index is 0.0388. The Morgan fingerprint density at radius 3 is 2.43 bits per heavy atom. The van der Waals surface area contributed by atoms with Crippen LogP contribution in [0.25, 0.3) is 0 Å². The Labute approximate surface area is 137 Å². The van der Waals surface area contributed by atoms with E-state index in [2.05, 4.69) is 0 Å². The van der Waals surface area contributed by atoms with Crippen LogP contribution in [0, 0.1) is 0 Å². The highest BCUT2D eigenvalue weighted by Crippen LogP contribution is 2.20. The van der Waals surface area contributed by atoms with E-state index in [0.29, 0.717) is 63.5 Å². The van der Waals surface area contributed by atoms with Crippen LogP contribution in [0.1, 0.15) is 30.1 Å². The van der Waals surface area contributed by atoms with E-state index in [1.54, 1.807) is 11.0 Å². The van der Waals surface area contributed by atoms with Crippen LogP contribution < -0.4 is 10.5 Å². The Balaban J connectivity index is 1.95. The molecule has 1 aliphatic rings. The van der Waals surface area contributed by atoms with Crippen molar-refractivity contribution in [2.24, 2.45) is 5.73 Å². The molecule has 0 bridgehead atoms. The molecule has 0 radical (unpaired) electrons. The average molecular weight is 319 g/mol. The first kappa shape index (κ1) is 17.3. The van der Waals surface area contributed by atoms with E-state index in [9.17, 15) is 9.59 Å². The molecular formula is C17H25N3O3. The summed E-state index contributed by atoms with van der Waals surface area (Å²) in [5.41, 5.74) is 6.02. The first-order valence-corrected chi connectivity index (χ1v) is 8.16. The summed E-state index contributed by atoms with van der Waals surface area (Å²) in [6.07, 6.45) is 1.19. The molecule has 23 heavy (non-hydrogen) atoms. The molecule has 1 aromatic rings. The van der Waals surface area contributed by atoms with E-state index >= 15 is 0 Å². The molecule has 0 spiro atoms. The minimum atomic E-state index is -0.0388. The van der Waals surface area contributed by atoms with Gasteiger partial charge in [0.25, 0.3) is 5.91 Å². The smallest absolute Gasteiger partial charge is 0.257 e. The lowest BCUT2D eigenvalue weighted by Gasteiger charge is -2.35. The van der Waals surface area contributed by atoms with Crippen LogP contribution >= 0.6 is 0 Å². The van der Waals surface area contributed by atoms with Crippen LogP contribution in [0.3, 0.4) is 0 Å². The SMILES string of the molecule is CCOc1ccccc1C(=O)N1CCN(C(=O)CCCN)CC1. The van der Waals surface area contributed by atoms with Crippen molar-refractivity contribution in [2.45, 2.75) is 19.8 Å². The number of para-hydroxylation sites is 1. The van der Waals surface area contributed by atoms with E-state index < -0.39 is 0 Å². The van der Waals surface area contributed by atoms with Crippen molar-refractivity contribution in [3.05, 3.63) is 29.8 Å². The summed E-state index contributed by atoms with van der Waals surface area (Å²) < 4.78 is 5.53. The van der Waals surface area contributed by atoms with Crippen molar-refractivity contribution in [3.8, 4) is 5.75 Å². The standard InChI is InChI=1S/C17H25N3O3/c1-2-23-15-7-4-3-6-14(15)17(22)20-12-10-19(11-13-20)16(21)8-5-9-18/h3-4,6-7H,2,5,8-13,18H2,1H3. The molecular weight excluding hydrogens is 294 g/mol. The molecule has 1 aromatic carbocycles. The largest absolute Gasteiger partial charge is 0.493 e. The van der Waals surface area contributed by atoms with Crippen LogP contribution in [0.4, 0.5) is 0 Å². The Hall–Kier alpha value is -2.08. The van der Waals surface area contributed by atoms with E-state index in [0.717, 1.165) is 0 Å². The highest BCUT2D eigenvalue weighted by atomic mass is 16.5. The normalized spacial score (nSPS) is 14.7. The number of nitrogens with two attached hydrogens (primary N) is 1. The van der Waals surface area contributed by atoms with Crippen molar-refractivity contribution < 1.29 is 14.3 Å². The molecule has 2 N–H and O–H groups in total. The number of piperazine rings is 1. The van der Waals surface area contributed by atoms with Crippen molar-refractivity contribution in [3.63, 3.8) is 0 Å². The fourth-order valence-corrected chi connectivity index (χ4v) is 2.67. The van der Waals surface area contributed by atoms with Crippen LogP contribution in [0.5, 0.6) is 5.75 Å². The summed E-state index contributed by atoms with van der Waals surface area (Å²) in [5.74, 6) is 0.696. The fraction of sp³-hybridized carbons (Fsp3) is 0.529. The summed E-state index contributed by atoms with van der Waals surface area (Å²) in [5, 5.41) is 0. The molecule has 2 amide bonds. The highest BCUT2D eigenvalue weighted by molar-refractivity contribution is 5.97. The summed E-state index contributed by atoms with van der Waals surface area (Å²) in [7, 11) is 0. The first-order valence-electron chi connectivity index (χ1n) is 8.16. The van der Waals surface area contributed by atoms with Crippen LogP contribution in [0.15, 0.2) is 24.3 Å². The van der Waals surface area contributed by atoms with Gasteiger partial charge in [0.05, 0.1) is 12.2 Å². The molecule has 1 fully saturated rings. The molecule has 0 aromatic heterocycles. The Morgan fingerprint density at radius 1 is 1.13 bits per heavy atom. The van der Waals surface area contributed by atoms with Crippen LogP contribution in [-0.4, -0.2) is 60.9 Å². The molecule has 1 saturated heterocycles. The van der Waals surface area contributed by atoms with Gasteiger partial charge in [-0.3, -0.25) is 9.59 Å². The predicted molar refractivity (Wildman–Crippen MR) is 88.4 cm³/mol. The number of hydrogen-bond donors (Lipinski definition) is 1. The quantitative estimate of drug-likeness (QED) is 0.852. The second kappa shape index (κ2) is 8.53. The van der Waals surface area contributed by atoms with Gasteiger partial charge in [-0.15, -0.1) is 0 Å². The lowest BCUT2D eigenvalue weighted by Crippen LogP contribution is -2.50. The zero-order chi connectivity index (χ0) is 16.7. The van der Waals surface area contributed by atoms with Crippen LogP contribution in [0.2, 0.25) is 0 Å². The number of amides is 2. The molecule has 2 rings (SSSR count).